The molecule has 21 heavy (non-hydrogen) atoms. The minimum Gasteiger partial charge on any atom is -0.395 e. The molecule has 0 spiro atoms. The molecule has 1 aromatic rings. The summed E-state index contributed by atoms with van der Waals surface area (Å²) in [4.78, 5) is 0.181. The van der Waals surface area contributed by atoms with Gasteiger partial charge in [0.1, 0.15) is 0 Å². The van der Waals surface area contributed by atoms with Gasteiger partial charge in [-0.1, -0.05) is 12.1 Å². The Hall–Kier alpha value is -1.08. The molecule has 0 aliphatic rings. The first-order chi connectivity index (χ1) is 9.36. The van der Waals surface area contributed by atoms with E-state index in [-0.39, 0.29) is 11.5 Å². The van der Waals surface area contributed by atoms with Crippen LogP contribution in [0.3, 0.4) is 0 Å². The molecule has 0 saturated heterocycles. The number of aliphatic hydroxyl groups excluding tert-OH is 2. The van der Waals surface area contributed by atoms with Crippen molar-refractivity contribution in [2.24, 2.45) is 5.73 Å². The van der Waals surface area contributed by atoms with Crippen molar-refractivity contribution in [2.45, 2.75) is 17.0 Å². The highest BCUT2D eigenvalue weighted by Crippen LogP contribution is 2.18. The lowest BCUT2D eigenvalue weighted by molar-refractivity contribution is 0.109. The molecular formula is C10H17NO8S2. The summed E-state index contributed by atoms with van der Waals surface area (Å²) in [6.07, 6.45) is 0.108. The lowest BCUT2D eigenvalue weighted by atomic mass is 10.0. The zero-order valence-electron chi connectivity index (χ0n) is 11.0. The third-order valence-electron chi connectivity index (χ3n) is 2.27. The second kappa shape index (κ2) is 7.79. The maximum atomic E-state index is 11.2. The van der Waals surface area contributed by atoms with Gasteiger partial charge in [-0.25, -0.2) is 8.42 Å². The van der Waals surface area contributed by atoms with E-state index in [2.05, 4.69) is 0 Å². The van der Waals surface area contributed by atoms with Crippen LogP contribution in [0.2, 0.25) is 0 Å². The van der Waals surface area contributed by atoms with E-state index in [1.165, 1.54) is 24.3 Å². The van der Waals surface area contributed by atoms with E-state index in [0.717, 1.165) is 6.26 Å². The predicted octanol–water partition coefficient (Wildman–Crippen LogP) is -1.21. The van der Waals surface area contributed by atoms with Gasteiger partial charge in [-0.05, 0) is 17.7 Å². The molecule has 0 unspecified atom stereocenters. The smallest absolute Gasteiger partial charge is 0.394 e. The van der Waals surface area contributed by atoms with Crippen LogP contribution in [-0.2, 0) is 20.2 Å². The monoisotopic (exact) mass is 343 g/mol. The Morgan fingerprint density at radius 1 is 1.10 bits per heavy atom. The van der Waals surface area contributed by atoms with Crippen molar-refractivity contribution in [1.29, 1.82) is 0 Å². The third kappa shape index (κ3) is 8.72. The fraction of sp³-hybridized carbons (Fsp3) is 0.400. The molecule has 1 rings (SSSR count). The molecule has 1 aromatic carbocycles. The second-order valence-corrected chi connectivity index (χ2v) is 6.99. The molecule has 2 atom stereocenters. The van der Waals surface area contributed by atoms with Crippen LogP contribution in [0.1, 0.15) is 11.7 Å². The number of nitrogens with two attached hydrogens (primary N) is 1. The average Bonchev–Trinajstić information content (AvgIpc) is 2.34. The van der Waals surface area contributed by atoms with Crippen LogP contribution in [0.5, 0.6) is 0 Å². The van der Waals surface area contributed by atoms with Gasteiger partial charge in [-0.2, -0.15) is 8.42 Å². The van der Waals surface area contributed by atoms with Crippen molar-refractivity contribution in [3.63, 3.8) is 0 Å². The molecule has 122 valence electrons. The highest BCUT2D eigenvalue weighted by Gasteiger charge is 2.16. The number of rotatable bonds is 4. The highest BCUT2D eigenvalue weighted by atomic mass is 32.3. The van der Waals surface area contributed by atoms with Crippen LogP contribution in [0.4, 0.5) is 0 Å². The van der Waals surface area contributed by atoms with Crippen LogP contribution in [0.15, 0.2) is 29.2 Å². The lowest BCUT2D eigenvalue weighted by Gasteiger charge is -2.16. The average molecular weight is 343 g/mol. The van der Waals surface area contributed by atoms with E-state index in [9.17, 15) is 13.5 Å². The van der Waals surface area contributed by atoms with Crippen LogP contribution >= 0.6 is 0 Å². The minimum absolute atomic E-state index is 0.181. The van der Waals surface area contributed by atoms with Gasteiger partial charge in [0.05, 0.1) is 23.6 Å². The summed E-state index contributed by atoms with van der Waals surface area (Å²) < 4.78 is 53.9. The van der Waals surface area contributed by atoms with Gasteiger partial charge in [0.25, 0.3) is 0 Å². The standard InChI is InChI=1S/C10H15NO4S.H2O4S/c1-16(14,15)8-4-2-7(3-5-8)10(13)9(11)6-12;1-5(2,3)4/h2-5,9-10,12-13H,6,11H2,1H3;(H2,1,2,3,4)/t9-,10-;/m1./s1. The number of aliphatic hydroxyl groups is 2. The molecule has 0 amide bonds. The van der Waals surface area contributed by atoms with Crippen LogP contribution in [0, 0.1) is 0 Å². The van der Waals surface area contributed by atoms with E-state index >= 15 is 0 Å². The Kier molecular flexibility index (Phi) is 7.39. The summed E-state index contributed by atoms with van der Waals surface area (Å²) in [5.41, 5.74) is 5.93. The van der Waals surface area contributed by atoms with Crippen molar-refractivity contribution < 1.29 is 36.2 Å². The fourth-order valence-electron chi connectivity index (χ4n) is 1.26. The van der Waals surface area contributed by atoms with Crippen molar-refractivity contribution in [2.75, 3.05) is 12.9 Å². The largest absolute Gasteiger partial charge is 0.395 e. The number of benzene rings is 1. The van der Waals surface area contributed by atoms with E-state index in [0.29, 0.717) is 5.56 Å². The molecule has 6 N–H and O–H groups in total. The van der Waals surface area contributed by atoms with Crippen molar-refractivity contribution in [1.82, 2.24) is 0 Å². The van der Waals surface area contributed by atoms with Crippen molar-refractivity contribution in [3.05, 3.63) is 29.8 Å². The van der Waals surface area contributed by atoms with Gasteiger partial charge in [-0.15, -0.1) is 0 Å². The Labute approximate surface area is 122 Å². The zero-order valence-corrected chi connectivity index (χ0v) is 12.6. The molecule has 9 nitrogen and oxygen atoms in total. The second-order valence-electron chi connectivity index (χ2n) is 4.08. The highest BCUT2D eigenvalue weighted by molar-refractivity contribution is 7.90. The summed E-state index contributed by atoms with van der Waals surface area (Å²) in [5, 5.41) is 18.4. The Morgan fingerprint density at radius 3 is 1.76 bits per heavy atom. The third-order valence-corrected chi connectivity index (χ3v) is 3.39. The fourth-order valence-corrected chi connectivity index (χ4v) is 1.89. The molecular weight excluding hydrogens is 326 g/mol. The van der Waals surface area contributed by atoms with Crippen LogP contribution in [0.25, 0.3) is 0 Å². The first kappa shape index (κ1) is 19.9. The normalized spacial score (nSPS) is 14.8. The summed E-state index contributed by atoms with van der Waals surface area (Å²) in [6, 6.07) is 4.99. The molecule has 0 bridgehead atoms. The summed E-state index contributed by atoms with van der Waals surface area (Å²) in [5.74, 6) is 0. The van der Waals surface area contributed by atoms with Gasteiger partial charge >= 0.3 is 10.4 Å². The zero-order chi connectivity index (χ0) is 16.8. The molecule has 11 heteroatoms. The van der Waals surface area contributed by atoms with E-state index in [1.807, 2.05) is 0 Å². The Balaban J connectivity index is 0.000000690. The first-order valence-corrected chi connectivity index (χ1v) is 8.69. The summed E-state index contributed by atoms with van der Waals surface area (Å²) >= 11 is 0. The van der Waals surface area contributed by atoms with E-state index < -0.39 is 32.4 Å². The van der Waals surface area contributed by atoms with Gasteiger partial charge in [0, 0.05) is 6.26 Å². The topological polar surface area (TPSA) is 175 Å². The predicted molar refractivity (Wildman–Crippen MR) is 73.8 cm³/mol. The summed E-state index contributed by atoms with van der Waals surface area (Å²) in [6.45, 7) is -0.338. The maximum Gasteiger partial charge on any atom is 0.394 e. The maximum absolute atomic E-state index is 11.2. The Bertz CT molecular complexity index is 630. The van der Waals surface area contributed by atoms with E-state index in [1.54, 1.807) is 0 Å². The lowest BCUT2D eigenvalue weighted by Crippen LogP contribution is -2.31. The number of hydrogen-bond donors (Lipinski definition) is 5. The molecule has 0 fully saturated rings. The molecule has 0 saturated carbocycles. The van der Waals surface area contributed by atoms with Gasteiger partial charge in [0.2, 0.25) is 0 Å². The minimum atomic E-state index is -4.67. The van der Waals surface area contributed by atoms with Gasteiger partial charge in [0.15, 0.2) is 9.84 Å². The van der Waals surface area contributed by atoms with Crippen molar-refractivity contribution >= 4 is 20.2 Å². The van der Waals surface area contributed by atoms with Crippen LogP contribution in [-0.4, -0.2) is 55.1 Å². The first-order valence-electron chi connectivity index (χ1n) is 5.40. The molecule has 0 aliphatic heterocycles. The van der Waals surface area contributed by atoms with Gasteiger partial charge < -0.3 is 15.9 Å². The van der Waals surface area contributed by atoms with Crippen LogP contribution < -0.4 is 5.73 Å². The molecule has 0 radical (unpaired) electrons. The number of sulfone groups is 1. The van der Waals surface area contributed by atoms with E-state index in [4.69, 9.17) is 28.4 Å². The molecule has 0 heterocycles. The Morgan fingerprint density at radius 2 is 1.48 bits per heavy atom. The molecule has 0 aromatic heterocycles. The van der Waals surface area contributed by atoms with Crippen molar-refractivity contribution in [3.8, 4) is 0 Å². The molecule has 0 aliphatic carbocycles. The van der Waals surface area contributed by atoms with Gasteiger partial charge in [-0.3, -0.25) is 9.11 Å². The quantitative estimate of drug-likeness (QED) is 0.420. The summed E-state index contributed by atoms with van der Waals surface area (Å²) in [7, 11) is -7.90. The number of hydrogen-bond acceptors (Lipinski definition) is 7. The SMILES string of the molecule is CS(=O)(=O)c1ccc([C@@H](O)[C@H](N)CO)cc1.O=S(=O)(O)O.